The lowest BCUT2D eigenvalue weighted by Crippen LogP contribution is -2.29. The smallest absolute Gasteiger partial charge is 0.351 e. The monoisotopic (exact) mass is 392 g/mol. The summed E-state index contributed by atoms with van der Waals surface area (Å²) in [5.41, 5.74) is -0.429. The number of aromatic nitrogens is 1. The van der Waals surface area contributed by atoms with Gasteiger partial charge in [0.2, 0.25) is 0 Å². The highest BCUT2D eigenvalue weighted by Gasteiger charge is 2.33. The maximum atomic E-state index is 12.8. The van der Waals surface area contributed by atoms with Gasteiger partial charge in [0.25, 0.3) is 5.91 Å². The van der Waals surface area contributed by atoms with Crippen LogP contribution in [0.2, 0.25) is 0 Å². The van der Waals surface area contributed by atoms with Gasteiger partial charge in [0.1, 0.15) is 10.5 Å². The molecule has 10 heteroatoms. The van der Waals surface area contributed by atoms with Gasteiger partial charge in [0.05, 0.1) is 16.4 Å². The number of rotatable bonds is 3. The van der Waals surface area contributed by atoms with Crippen LogP contribution in [0.5, 0.6) is 0 Å². The Labute approximate surface area is 146 Å². The fourth-order valence-corrected chi connectivity index (χ4v) is 5.78. The first kappa shape index (κ1) is 18.1. The van der Waals surface area contributed by atoms with Gasteiger partial charge in [-0.2, -0.15) is 13.2 Å². The van der Waals surface area contributed by atoms with E-state index >= 15 is 0 Å². The van der Waals surface area contributed by atoms with Crippen LogP contribution in [-0.4, -0.2) is 37.4 Å². The van der Waals surface area contributed by atoms with E-state index in [0.29, 0.717) is 22.2 Å². The van der Waals surface area contributed by atoms with Gasteiger partial charge in [0, 0.05) is 11.9 Å². The van der Waals surface area contributed by atoms with Gasteiger partial charge >= 0.3 is 6.18 Å². The zero-order chi connectivity index (χ0) is 18.4. The lowest BCUT2D eigenvalue weighted by atomic mass is 10.1. The van der Waals surface area contributed by atoms with Crippen LogP contribution in [0.1, 0.15) is 27.3 Å². The van der Waals surface area contributed by atoms with E-state index in [-0.39, 0.29) is 28.8 Å². The number of carbonyl (C=O) groups excluding carboxylic acids is 1. The van der Waals surface area contributed by atoms with E-state index in [4.69, 9.17) is 0 Å². The minimum absolute atomic E-state index is 0.0508. The number of amides is 1. The number of halogens is 3. The van der Waals surface area contributed by atoms with Crippen LogP contribution >= 0.6 is 11.3 Å². The summed E-state index contributed by atoms with van der Waals surface area (Å²) >= 11 is 0.903. The molecule has 1 amide bonds. The molecule has 25 heavy (non-hydrogen) atoms. The number of alkyl halides is 3. The van der Waals surface area contributed by atoms with Crippen molar-refractivity contribution in [1.82, 2.24) is 10.3 Å². The van der Waals surface area contributed by atoms with E-state index < -0.39 is 27.6 Å². The number of thiophene rings is 1. The van der Waals surface area contributed by atoms with E-state index in [1.54, 1.807) is 6.92 Å². The van der Waals surface area contributed by atoms with Crippen molar-refractivity contribution in [1.29, 1.82) is 0 Å². The molecule has 1 saturated heterocycles. The molecule has 136 valence electrons. The summed E-state index contributed by atoms with van der Waals surface area (Å²) < 4.78 is 61.1. The number of carbonyl (C=O) groups is 1. The molecule has 1 aliphatic rings. The standard InChI is InChI=1S/C15H15F3N2O3S2/c1-8-10-2-3-11(15(16,17)18)20-14(10)24-12(8)13(21)19-6-9-4-5-25(22,23)7-9/h2-3,9H,4-7H2,1H3,(H,19,21)/t9-/m0/s1. The van der Waals surface area contributed by atoms with Gasteiger partial charge in [-0.1, -0.05) is 0 Å². The van der Waals surface area contributed by atoms with Gasteiger partial charge in [-0.05, 0) is 37.0 Å². The molecule has 5 nitrogen and oxygen atoms in total. The quantitative estimate of drug-likeness (QED) is 0.872. The number of pyridine rings is 1. The number of hydrogen-bond acceptors (Lipinski definition) is 5. The number of fused-ring (bicyclic) bond motifs is 1. The first-order valence-electron chi connectivity index (χ1n) is 7.53. The Morgan fingerprint density at radius 1 is 1.40 bits per heavy atom. The summed E-state index contributed by atoms with van der Waals surface area (Å²) in [6, 6.07) is 2.21. The maximum Gasteiger partial charge on any atom is 0.433 e. The zero-order valence-electron chi connectivity index (χ0n) is 13.2. The average Bonchev–Trinajstić information content (AvgIpc) is 3.03. The van der Waals surface area contributed by atoms with Gasteiger partial charge in [-0.3, -0.25) is 4.79 Å². The number of sulfone groups is 1. The fraction of sp³-hybridized carbons (Fsp3) is 0.467. The summed E-state index contributed by atoms with van der Waals surface area (Å²) in [6.45, 7) is 1.88. The normalized spacial score (nSPS) is 20.1. The minimum Gasteiger partial charge on any atom is -0.351 e. The highest BCUT2D eigenvalue weighted by atomic mass is 32.2. The third kappa shape index (κ3) is 3.79. The van der Waals surface area contributed by atoms with Crippen molar-refractivity contribution in [3.8, 4) is 0 Å². The Balaban J connectivity index is 1.78. The van der Waals surface area contributed by atoms with Crippen LogP contribution in [0.4, 0.5) is 13.2 Å². The van der Waals surface area contributed by atoms with Gasteiger partial charge in [0.15, 0.2) is 9.84 Å². The first-order chi connectivity index (χ1) is 11.6. The molecule has 0 spiro atoms. The molecular weight excluding hydrogens is 377 g/mol. The number of nitrogens with zero attached hydrogens (tertiary/aromatic N) is 1. The van der Waals surface area contributed by atoms with Crippen LogP contribution in [0, 0.1) is 12.8 Å². The van der Waals surface area contributed by atoms with Crippen molar-refractivity contribution >= 4 is 37.3 Å². The summed E-state index contributed by atoms with van der Waals surface area (Å²) in [7, 11) is -3.02. The molecule has 0 bridgehead atoms. The van der Waals surface area contributed by atoms with Crippen LogP contribution in [0.15, 0.2) is 12.1 Å². The van der Waals surface area contributed by atoms with E-state index in [1.165, 1.54) is 6.07 Å². The highest BCUT2D eigenvalue weighted by Crippen LogP contribution is 2.34. The first-order valence-corrected chi connectivity index (χ1v) is 10.2. The SMILES string of the molecule is Cc1c(C(=O)NC[C@@H]2CCS(=O)(=O)C2)sc2nc(C(F)(F)F)ccc12. The van der Waals surface area contributed by atoms with Crippen molar-refractivity contribution < 1.29 is 26.4 Å². The van der Waals surface area contributed by atoms with Crippen LogP contribution in [0.25, 0.3) is 10.2 Å². The Morgan fingerprint density at radius 2 is 2.12 bits per heavy atom. The third-order valence-corrected chi connectivity index (χ3v) is 7.22. The fourth-order valence-electron chi connectivity index (χ4n) is 2.82. The van der Waals surface area contributed by atoms with Crippen LogP contribution < -0.4 is 5.32 Å². The lowest BCUT2D eigenvalue weighted by Gasteiger charge is -2.09. The van der Waals surface area contributed by atoms with Gasteiger partial charge in [-0.25, -0.2) is 13.4 Å². The zero-order valence-corrected chi connectivity index (χ0v) is 14.8. The Morgan fingerprint density at radius 3 is 2.72 bits per heavy atom. The molecule has 1 atom stereocenters. The Hall–Kier alpha value is -1.68. The second kappa shape index (κ2) is 6.24. The summed E-state index contributed by atoms with van der Waals surface area (Å²) in [5.74, 6) is -0.369. The number of aryl methyl sites for hydroxylation is 1. The molecule has 3 rings (SSSR count). The molecule has 1 fully saturated rings. The Bertz CT molecular complexity index is 935. The number of hydrogen-bond donors (Lipinski definition) is 1. The van der Waals surface area contributed by atoms with Crippen molar-refractivity contribution in [3.05, 3.63) is 28.3 Å². The highest BCUT2D eigenvalue weighted by molar-refractivity contribution is 7.91. The Kier molecular flexibility index (Phi) is 4.52. The van der Waals surface area contributed by atoms with E-state index in [0.717, 1.165) is 17.4 Å². The molecule has 1 aliphatic heterocycles. The number of nitrogens with one attached hydrogen (secondary N) is 1. The second-order valence-electron chi connectivity index (χ2n) is 6.08. The second-order valence-corrected chi connectivity index (χ2v) is 9.31. The molecule has 2 aromatic rings. The van der Waals surface area contributed by atoms with E-state index in [1.807, 2.05) is 0 Å². The average molecular weight is 392 g/mol. The summed E-state index contributed by atoms with van der Waals surface area (Å²) in [5, 5.41) is 3.19. The minimum atomic E-state index is -4.54. The molecule has 0 saturated carbocycles. The molecule has 0 aromatic carbocycles. The molecule has 3 heterocycles. The van der Waals surface area contributed by atoms with Gasteiger partial charge in [-0.15, -0.1) is 11.3 Å². The van der Waals surface area contributed by atoms with Gasteiger partial charge < -0.3 is 5.32 Å². The largest absolute Gasteiger partial charge is 0.433 e. The topological polar surface area (TPSA) is 76.1 Å². The van der Waals surface area contributed by atoms with Crippen molar-refractivity contribution in [2.75, 3.05) is 18.1 Å². The summed E-state index contributed by atoms with van der Waals surface area (Å²) in [6.07, 6.45) is -4.03. The molecule has 0 aliphatic carbocycles. The van der Waals surface area contributed by atoms with Crippen LogP contribution in [-0.2, 0) is 16.0 Å². The molecule has 1 N–H and O–H groups in total. The van der Waals surface area contributed by atoms with Crippen LogP contribution in [0.3, 0.4) is 0 Å². The molecule has 0 unspecified atom stereocenters. The molecule has 2 aromatic heterocycles. The predicted octanol–water partition coefficient (Wildman–Crippen LogP) is 2.79. The predicted molar refractivity (Wildman–Crippen MR) is 88.5 cm³/mol. The van der Waals surface area contributed by atoms with Crippen molar-refractivity contribution in [3.63, 3.8) is 0 Å². The maximum absolute atomic E-state index is 12.8. The molecular formula is C15H15F3N2O3S2. The van der Waals surface area contributed by atoms with E-state index in [2.05, 4.69) is 10.3 Å². The summed E-state index contributed by atoms with van der Waals surface area (Å²) in [4.78, 5) is 16.4. The van der Waals surface area contributed by atoms with E-state index in [9.17, 15) is 26.4 Å². The lowest BCUT2D eigenvalue weighted by molar-refractivity contribution is -0.140. The van der Waals surface area contributed by atoms with Crippen molar-refractivity contribution in [2.45, 2.75) is 19.5 Å². The third-order valence-electron chi connectivity index (χ3n) is 4.18. The van der Waals surface area contributed by atoms with Crippen molar-refractivity contribution in [2.24, 2.45) is 5.92 Å². The molecule has 0 radical (unpaired) electrons.